The highest BCUT2D eigenvalue weighted by Gasteiger charge is 2.15. The summed E-state index contributed by atoms with van der Waals surface area (Å²) in [4.78, 5) is 12.1. The SMILES string of the molecule is Cc1cc(C)c(C(=O)NCC(O)C(C)C)c(C)c1. The van der Waals surface area contributed by atoms with E-state index in [2.05, 4.69) is 5.32 Å². The Hall–Kier alpha value is -1.35. The van der Waals surface area contributed by atoms with Gasteiger partial charge in [-0.25, -0.2) is 0 Å². The van der Waals surface area contributed by atoms with E-state index in [0.29, 0.717) is 6.54 Å². The summed E-state index contributed by atoms with van der Waals surface area (Å²) < 4.78 is 0. The van der Waals surface area contributed by atoms with Gasteiger partial charge < -0.3 is 10.4 Å². The third-order valence-electron chi connectivity index (χ3n) is 3.15. The van der Waals surface area contributed by atoms with Crippen LogP contribution in [-0.4, -0.2) is 23.7 Å². The van der Waals surface area contributed by atoms with E-state index < -0.39 is 6.10 Å². The van der Waals surface area contributed by atoms with Crippen LogP contribution in [0.3, 0.4) is 0 Å². The molecule has 0 fully saturated rings. The molecule has 2 N–H and O–H groups in total. The zero-order chi connectivity index (χ0) is 13.9. The third-order valence-corrected chi connectivity index (χ3v) is 3.15. The highest BCUT2D eigenvalue weighted by Crippen LogP contribution is 2.16. The smallest absolute Gasteiger partial charge is 0.251 e. The van der Waals surface area contributed by atoms with Crippen molar-refractivity contribution in [1.29, 1.82) is 0 Å². The van der Waals surface area contributed by atoms with E-state index >= 15 is 0 Å². The Morgan fingerprint density at radius 2 is 1.72 bits per heavy atom. The lowest BCUT2D eigenvalue weighted by Gasteiger charge is -2.16. The molecule has 0 aliphatic carbocycles. The number of aliphatic hydroxyl groups excluding tert-OH is 1. The molecule has 0 aliphatic heterocycles. The van der Waals surface area contributed by atoms with Crippen molar-refractivity contribution < 1.29 is 9.90 Å². The highest BCUT2D eigenvalue weighted by atomic mass is 16.3. The minimum atomic E-state index is -0.500. The van der Waals surface area contributed by atoms with Gasteiger partial charge in [0.15, 0.2) is 0 Å². The van der Waals surface area contributed by atoms with Gasteiger partial charge >= 0.3 is 0 Å². The Labute approximate surface area is 109 Å². The summed E-state index contributed by atoms with van der Waals surface area (Å²) in [5.74, 6) is 0.0372. The van der Waals surface area contributed by atoms with Gasteiger partial charge in [-0.2, -0.15) is 0 Å². The van der Waals surface area contributed by atoms with E-state index in [9.17, 15) is 9.90 Å². The van der Waals surface area contributed by atoms with Crippen molar-refractivity contribution in [3.63, 3.8) is 0 Å². The molecule has 0 aromatic heterocycles. The van der Waals surface area contributed by atoms with Gasteiger partial charge in [-0.05, 0) is 37.8 Å². The maximum Gasteiger partial charge on any atom is 0.251 e. The number of benzene rings is 1. The lowest BCUT2D eigenvalue weighted by molar-refractivity contribution is 0.0870. The normalized spacial score (nSPS) is 12.6. The van der Waals surface area contributed by atoms with Crippen LogP contribution in [0.5, 0.6) is 0 Å². The molecular formula is C15H23NO2. The fourth-order valence-electron chi connectivity index (χ4n) is 2.06. The molecule has 1 unspecified atom stereocenters. The first-order chi connectivity index (χ1) is 8.32. The number of carbonyl (C=O) groups is 1. The van der Waals surface area contributed by atoms with Gasteiger partial charge in [0.25, 0.3) is 5.91 Å². The lowest BCUT2D eigenvalue weighted by atomic mass is 9.99. The van der Waals surface area contributed by atoms with Crippen LogP contribution in [0.25, 0.3) is 0 Å². The van der Waals surface area contributed by atoms with Crippen LogP contribution in [0, 0.1) is 26.7 Å². The van der Waals surface area contributed by atoms with Crippen LogP contribution in [0.1, 0.15) is 40.9 Å². The molecule has 1 rings (SSSR count). The summed E-state index contributed by atoms with van der Waals surface area (Å²) in [6.07, 6.45) is -0.500. The molecule has 18 heavy (non-hydrogen) atoms. The lowest BCUT2D eigenvalue weighted by Crippen LogP contribution is -2.35. The van der Waals surface area contributed by atoms with Crippen LogP contribution in [0.4, 0.5) is 0 Å². The predicted octanol–water partition coefficient (Wildman–Crippen LogP) is 2.36. The number of hydrogen-bond donors (Lipinski definition) is 2. The van der Waals surface area contributed by atoms with Gasteiger partial charge in [0.05, 0.1) is 6.10 Å². The first-order valence-corrected chi connectivity index (χ1v) is 6.37. The molecule has 0 saturated heterocycles. The van der Waals surface area contributed by atoms with E-state index in [4.69, 9.17) is 0 Å². The quantitative estimate of drug-likeness (QED) is 0.860. The Bertz CT molecular complexity index is 415. The Morgan fingerprint density at radius 3 is 2.17 bits per heavy atom. The Morgan fingerprint density at radius 1 is 1.22 bits per heavy atom. The van der Waals surface area contributed by atoms with Gasteiger partial charge in [0, 0.05) is 12.1 Å². The second kappa shape index (κ2) is 6.01. The van der Waals surface area contributed by atoms with E-state index in [1.54, 1.807) is 0 Å². The predicted molar refractivity (Wildman–Crippen MR) is 73.8 cm³/mol. The van der Waals surface area contributed by atoms with Crippen LogP contribution in [0.15, 0.2) is 12.1 Å². The third kappa shape index (κ3) is 3.57. The largest absolute Gasteiger partial charge is 0.391 e. The van der Waals surface area contributed by atoms with E-state index in [0.717, 1.165) is 22.3 Å². The molecular weight excluding hydrogens is 226 g/mol. The summed E-state index contributed by atoms with van der Waals surface area (Å²) in [7, 11) is 0. The zero-order valence-corrected chi connectivity index (χ0v) is 11.9. The van der Waals surface area contributed by atoms with Crippen molar-refractivity contribution in [1.82, 2.24) is 5.32 Å². The number of hydrogen-bond acceptors (Lipinski definition) is 2. The molecule has 0 bridgehead atoms. The molecule has 0 heterocycles. The number of aliphatic hydroxyl groups is 1. The molecule has 1 amide bonds. The van der Waals surface area contributed by atoms with Gasteiger partial charge in [-0.15, -0.1) is 0 Å². The summed E-state index contributed by atoms with van der Waals surface area (Å²) in [6.45, 7) is 10.0. The summed E-state index contributed by atoms with van der Waals surface area (Å²) in [5.41, 5.74) is 3.83. The van der Waals surface area contributed by atoms with Crippen molar-refractivity contribution in [3.05, 3.63) is 34.4 Å². The summed E-state index contributed by atoms with van der Waals surface area (Å²) in [5, 5.41) is 12.5. The van der Waals surface area contributed by atoms with E-state index in [-0.39, 0.29) is 11.8 Å². The molecule has 3 heteroatoms. The van der Waals surface area contributed by atoms with Crippen molar-refractivity contribution in [3.8, 4) is 0 Å². The van der Waals surface area contributed by atoms with Crippen LogP contribution < -0.4 is 5.32 Å². The van der Waals surface area contributed by atoms with Gasteiger partial charge in [-0.3, -0.25) is 4.79 Å². The molecule has 0 saturated carbocycles. The monoisotopic (exact) mass is 249 g/mol. The average molecular weight is 249 g/mol. The van der Waals surface area contributed by atoms with Crippen LogP contribution >= 0.6 is 0 Å². The number of carbonyl (C=O) groups excluding carboxylic acids is 1. The van der Waals surface area contributed by atoms with Crippen LogP contribution in [0.2, 0.25) is 0 Å². The zero-order valence-electron chi connectivity index (χ0n) is 11.9. The van der Waals surface area contributed by atoms with Crippen molar-refractivity contribution >= 4 is 5.91 Å². The number of aryl methyl sites for hydroxylation is 3. The first-order valence-electron chi connectivity index (χ1n) is 6.37. The molecule has 100 valence electrons. The van der Waals surface area contributed by atoms with Gasteiger partial charge in [0.2, 0.25) is 0 Å². The number of rotatable bonds is 4. The minimum Gasteiger partial charge on any atom is -0.391 e. The fourth-order valence-corrected chi connectivity index (χ4v) is 2.06. The second-order valence-corrected chi connectivity index (χ2v) is 5.30. The molecule has 0 spiro atoms. The Kier molecular flexibility index (Phi) is 4.91. The van der Waals surface area contributed by atoms with E-state index in [1.165, 1.54) is 0 Å². The molecule has 3 nitrogen and oxygen atoms in total. The van der Waals surface area contributed by atoms with Gasteiger partial charge in [0.1, 0.15) is 0 Å². The topological polar surface area (TPSA) is 49.3 Å². The Balaban J connectivity index is 2.79. The summed E-state index contributed by atoms with van der Waals surface area (Å²) >= 11 is 0. The molecule has 1 atom stereocenters. The fraction of sp³-hybridized carbons (Fsp3) is 0.533. The number of nitrogens with one attached hydrogen (secondary N) is 1. The molecule has 0 aliphatic rings. The first kappa shape index (κ1) is 14.7. The van der Waals surface area contributed by atoms with Crippen molar-refractivity contribution in [2.45, 2.75) is 40.7 Å². The van der Waals surface area contributed by atoms with Crippen molar-refractivity contribution in [2.75, 3.05) is 6.54 Å². The maximum atomic E-state index is 12.1. The average Bonchev–Trinajstić information content (AvgIpc) is 2.24. The van der Waals surface area contributed by atoms with Crippen LogP contribution in [-0.2, 0) is 0 Å². The van der Waals surface area contributed by atoms with Crippen molar-refractivity contribution in [2.24, 2.45) is 5.92 Å². The van der Waals surface area contributed by atoms with Gasteiger partial charge in [-0.1, -0.05) is 31.5 Å². The number of amides is 1. The molecule has 1 aromatic carbocycles. The summed E-state index contributed by atoms with van der Waals surface area (Å²) in [6, 6.07) is 4.00. The highest BCUT2D eigenvalue weighted by molar-refractivity contribution is 5.97. The molecule has 1 aromatic rings. The molecule has 0 radical (unpaired) electrons. The standard InChI is InChI=1S/C15H23NO2/c1-9(2)13(17)8-16-15(18)14-11(4)6-10(3)7-12(14)5/h6-7,9,13,17H,8H2,1-5H3,(H,16,18). The maximum absolute atomic E-state index is 12.1. The van der Waals surface area contributed by atoms with E-state index in [1.807, 2.05) is 46.8 Å². The minimum absolute atomic E-state index is 0.107. The second-order valence-electron chi connectivity index (χ2n) is 5.30.